The Labute approximate surface area is 123 Å². The van der Waals surface area contributed by atoms with Crippen LogP contribution < -0.4 is 4.74 Å². The lowest BCUT2D eigenvalue weighted by molar-refractivity contribution is -0.137. The molecule has 0 radical (unpaired) electrons. The molecule has 112 valence electrons. The second-order valence-corrected chi connectivity index (χ2v) is 5.79. The van der Waals surface area contributed by atoms with E-state index in [0.29, 0.717) is 31.8 Å². The van der Waals surface area contributed by atoms with Crippen LogP contribution in [0, 0.1) is 5.92 Å². The van der Waals surface area contributed by atoms with Crippen LogP contribution in [0.15, 0.2) is 24.3 Å². The molecule has 1 aromatic rings. The number of nitrogens with zero attached hydrogens (tertiary/aromatic N) is 1. The molecule has 2 heterocycles. The normalized spacial score (nSPS) is 23.7. The van der Waals surface area contributed by atoms with Crippen molar-refractivity contribution in [1.29, 1.82) is 0 Å². The van der Waals surface area contributed by atoms with E-state index in [2.05, 4.69) is 0 Å². The maximum Gasteiger partial charge on any atom is 0.303 e. The molecule has 1 amide bonds. The van der Waals surface area contributed by atoms with Gasteiger partial charge in [0.15, 0.2) is 6.10 Å². The van der Waals surface area contributed by atoms with Crippen molar-refractivity contribution < 1.29 is 19.4 Å². The monoisotopic (exact) mass is 289 g/mol. The molecule has 5 nitrogen and oxygen atoms in total. The van der Waals surface area contributed by atoms with Gasteiger partial charge in [-0.2, -0.15) is 0 Å². The summed E-state index contributed by atoms with van der Waals surface area (Å²) in [5.74, 6) is 0.365. The van der Waals surface area contributed by atoms with Crippen LogP contribution in [0.3, 0.4) is 0 Å². The fourth-order valence-electron chi connectivity index (χ4n) is 3.12. The van der Waals surface area contributed by atoms with Crippen molar-refractivity contribution in [2.24, 2.45) is 5.92 Å². The molecule has 2 atom stereocenters. The highest BCUT2D eigenvalue weighted by Gasteiger charge is 2.35. The first-order chi connectivity index (χ1) is 10.1. The van der Waals surface area contributed by atoms with Gasteiger partial charge in [-0.15, -0.1) is 0 Å². The van der Waals surface area contributed by atoms with Crippen LogP contribution in [0.4, 0.5) is 0 Å². The Hall–Kier alpha value is -2.04. The minimum absolute atomic E-state index is 0.0315. The average Bonchev–Trinajstić information content (AvgIpc) is 3.11. The molecule has 0 bridgehead atoms. The van der Waals surface area contributed by atoms with E-state index in [0.717, 1.165) is 17.7 Å². The number of carboxylic acid groups (broad SMARTS) is 1. The molecule has 5 heteroatoms. The molecule has 1 N–H and O–H groups in total. The Morgan fingerprint density at radius 3 is 2.90 bits per heavy atom. The van der Waals surface area contributed by atoms with E-state index in [4.69, 9.17) is 9.84 Å². The van der Waals surface area contributed by atoms with Crippen LogP contribution >= 0.6 is 0 Å². The number of carbonyl (C=O) groups excluding carboxylic acids is 1. The number of fused-ring (bicyclic) bond motifs is 1. The molecule has 3 rings (SSSR count). The van der Waals surface area contributed by atoms with Crippen molar-refractivity contribution in [3.05, 3.63) is 29.8 Å². The van der Waals surface area contributed by atoms with Gasteiger partial charge >= 0.3 is 5.97 Å². The van der Waals surface area contributed by atoms with Crippen molar-refractivity contribution in [3.63, 3.8) is 0 Å². The van der Waals surface area contributed by atoms with Crippen LogP contribution in [-0.2, 0) is 16.0 Å². The van der Waals surface area contributed by atoms with Crippen molar-refractivity contribution in [1.82, 2.24) is 4.90 Å². The van der Waals surface area contributed by atoms with Gasteiger partial charge < -0.3 is 14.7 Å². The molecule has 0 saturated carbocycles. The predicted octanol–water partition coefficient (Wildman–Crippen LogP) is 1.70. The molecular weight excluding hydrogens is 270 g/mol. The second-order valence-electron chi connectivity index (χ2n) is 5.79. The number of carbonyl (C=O) groups is 2. The van der Waals surface area contributed by atoms with Crippen LogP contribution in [0.5, 0.6) is 5.75 Å². The smallest absolute Gasteiger partial charge is 0.303 e. The molecule has 2 aliphatic rings. The lowest BCUT2D eigenvalue weighted by Crippen LogP contribution is -2.40. The molecule has 0 spiro atoms. The summed E-state index contributed by atoms with van der Waals surface area (Å²) in [5, 5.41) is 8.72. The molecule has 2 unspecified atom stereocenters. The van der Waals surface area contributed by atoms with Gasteiger partial charge in [-0.05, 0) is 30.4 Å². The molecule has 1 saturated heterocycles. The van der Waals surface area contributed by atoms with E-state index in [1.165, 1.54) is 0 Å². The van der Waals surface area contributed by atoms with Gasteiger partial charge in [0.1, 0.15) is 5.75 Å². The number of hydrogen-bond acceptors (Lipinski definition) is 3. The highest BCUT2D eigenvalue weighted by Crippen LogP contribution is 2.30. The quantitative estimate of drug-likeness (QED) is 0.916. The number of para-hydroxylation sites is 1. The summed E-state index contributed by atoms with van der Waals surface area (Å²) in [6.45, 7) is 1.36. The summed E-state index contributed by atoms with van der Waals surface area (Å²) in [6.07, 6.45) is 1.92. The maximum atomic E-state index is 12.5. The largest absolute Gasteiger partial charge is 0.481 e. The van der Waals surface area contributed by atoms with Crippen LogP contribution in [0.1, 0.15) is 24.8 Å². The number of benzene rings is 1. The molecule has 21 heavy (non-hydrogen) atoms. The molecular formula is C16H19NO4. The van der Waals surface area contributed by atoms with Crippen LogP contribution in [0.25, 0.3) is 0 Å². The standard InChI is InChI=1S/C16H19NO4/c18-15(19)6-5-11-7-8-17(10-11)16(20)14-9-12-3-1-2-4-13(12)21-14/h1-4,11,14H,5-10H2,(H,18,19). The summed E-state index contributed by atoms with van der Waals surface area (Å²) in [6, 6.07) is 7.74. The molecule has 2 aliphatic heterocycles. The average molecular weight is 289 g/mol. The van der Waals surface area contributed by atoms with E-state index in [9.17, 15) is 9.59 Å². The summed E-state index contributed by atoms with van der Waals surface area (Å²) in [5.41, 5.74) is 1.08. The van der Waals surface area contributed by atoms with Gasteiger partial charge in [-0.25, -0.2) is 0 Å². The minimum atomic E-state index is -0.769. The van der Waals surface area contributed by atoms with Gasteiger partial charge in [-0.1, -0.05) is 18.2 Å². The van der Waals surface area contributed by atoms with Crippen molar-refractivity contribution in [2.45, 2.75) is 31.8 Å². The number of amides is 1. The number of rotatable bonds is 4. The second kappa shape index (κ2) is 5.76. The van der Waals surface area contributed by atoms with E-state index in [1.807, 2.05) is 29.2 Å². The lowest BCUT2D eigenvalue weighted by Gasteiger charge is -2.20. The number of likely N-dealkylation sites (tertiary alicyclic amines) is 1. The predicted molar refractivity (Wildman–Crippen MR) is 76.1 cm³/mol. The van der Waals surface area contributed by atoms with Crippen LogP contribution in [0.2, 0.25) is 0 Å². The number of ether oxygens (including phenoxy) is 1. The van der Waals surface area contributed by atoms with Gasteiger partial charge in [0.2, 0.25) is 0 Å². The zero-order valence-electron chi connectivity index (χ0n) is 11.8. The zero-order valence-corrected chi connectivity index (χ0v) is 11.8. The minimum Gasteiger partial charge on any atom is -0.481 e. The fraction of sp³-hybridized carbons (Fsp3) is 0.500. The van der Waals surface area contributed by atoms with E-state index >= 15 is 0 Å². The molecule has 0 aliphatic carbocycles. The lowest BCUT2D eigenvalue weighted by atomic mass is 10.0. The summed E-state index contributed by atoms with van der Waals surface area (Å²) in [4.78, 5) is 24.9. The Morgan fingerprint density at radius 2 is 2.14 bits per heavy atom. The van der Waals surface area contributed by atoms with Gasteiger partial charge in [-0.3, -0.25) is 9.59 Å². The molecule has 1 fully saturated rings. The first-order valence-corrected chi connectivity index (χ1v) is 7.38. The summed E-state index contributed by atoms with van der Waals surface area (Å²) >= 11 is 0. The van der Waals surface area contributed by atoms with E-state index in [1.54, 1.807) is 0 Å². The molecule has 1 aromatic carbocycles. The Bertz CT molecular complexity index is 532. The Kier molecular flexibility index (Phi) is 3.82. The Balaban J connectivity index is 1.55. The number of aliphatic carboxylic acids is 1. The van der Waals surface area contributed by atoms with Crippen molar-refractivity contribution >= 4 is 11.9 Å². The van der Waals surface area contributed by atoms with E-state index in [-0.39, 0.29) is 12.3 Å². The number of hydrogen-bond donors (Lipinski definition) is 1. The first-order valence-electron chi connectivity index (χ1n) is 7.38. The zero-order chi connectivity index (χ0) is 14.8. The van der Waals surface area contributed by atoms with Crippen LogP contribution in [-0.4, -0.2) is 41.1 Å². The highest BCUT2D eigenvalue weighted by molar-refractivity contribution is 5.83. The van der Waals surface area contributed by atoms with Gasteiger partial charge in [0.25, 0.3) is 5.91 Å². The third kappa shape index (κ3) is 3.01. The third-order valence-corrected chi connectivity index (χ3v) is 4.29. The summed E-state index contributed by atoms with van der Waals surface area (Å²) < 4.78 is 5.73. The SMILES string of the molecule is O=C(O)CCC1CCN(C(=O)C2Cc3ccccc3O2)C1. The topological polar surface area (TPSA) is 66.8 Å². The summed E-state index contributed by atoms with van der Waals surface area (Å²) in [7, 11) is 0. The molecule has 0 aromatic heterocycles. The third-order valence-electron chi connectivity index (χ3n) is 4.29. The first kappa shape index (κ1) is 13.9. The van der Waals surface area contributed by atoms with Crippen molar-refractivity contribution in [2.75, 3.05) is 13.1 Å². The fourth-order valence-corrected chi connectivity index (χ4v) is 3.12. The maximum absolute atomic E-state index is 12.5. The van der Waals surface area contributed by atoms with Crippen molar-refractivity contribution in [3.8, 4) is 5.75 Å². The van der Waals surface area contributed by atoms with Gasteiger partial charge in [0, 0.05) is 25.9 Å². The van der Waals surface area contributed by atoms with E-state index < -0.39 is 12.1 Å². The number of carboxylic acids is 1. The van der Waals surface area contributed by atoms with Gasteiger partial charge in [0.05, 0.1) is 0 Å². The Morgan fingerprint density at radius 1 is 1.33 bits per heavy atom. The highest BCUT2D eigenvalue weighted by atomic mass is 16.5.